The van der Waals surface area contributed by atoms with Crippen LogP contribution >= 0.6 is 11.8 Å². The van der Waals surface area contributed by atoms with Crippen molar-refractivity contribution in [2.24, 2.45) is 0 Å². The zero-order chi connectivity index (χ0) is 21.9. The molecule has 9 nitrogen and oxygen atoms in total. The molecule has 0 bridgehead atoms. The molecule has 1 unspecified atom stereocenters. The van der Waals surface area contributed by atoms with Crippen LogP contribution in [0.4, 0.5) is 16.0 Å². The predicted octanol–water partition coefficient (Wildman–Crippen LogP) is 2.59. The van der Waals surface area contributed by atoms with Crippen LogP contribution in [0, 0.1) is 12.7 Å². The highest BCUT2D eigenvalue weighted by Gasteiger charge is 2.48. The Morgan fingerprint density at radius 1 is 1.19 bits per heavy atom. The first kappa shape index (κ1) is 19.4. The van der Waals surface area contributed by atoms with E-state index >= 15 is 0 Å². The van der Waals surface area contributed by atoms with Gasteiger partial charge in [-0.2, -0.15) is 0 Å². The average Bonchev–Trinajstić information content (AvgIpc) is 3.24. The molecule has 0 saturated heterocycles. The molecule has 0 aromatic carbocycles. The number of nitrogens with one attached hydrogen (secondary N) is 1. The molecule has 0 fully saturated rings. The second-order valence-corrected chi connectivity index (χ2v) is 8.14. The van der Waals surface area contributed by atoms with Crippen LogP contribution in [0.15, 0.2) is 35.7 Å². The quantitative estimate of drug-likeness (QED) is 0.470. The average molecular weight is 436 g/mol. The fourth-order valence-corrected chi connectivity index (χ4v) is 4.30. The van der Waals surface area contributed by atoms with Crippen LogP contribution in [0.3, 0.4) is 0 Å². The molecule has 0 aliphatic carbocycles. The van der Waals surface area contributed by atoms with E-state index in [4.69, 9.17) is 5.73 Å². The normalized spacial score (nSPS) is 17.7. The molecule has 4 aromatic rings. The van der Waals surface area contributed by atoms with Gasteiger partial charge < -0.3 is 15.5 Å². The number of hydrogen-bond acceptors (Lipinski definition) is 8. The summed E-state index contributed by atoms with van der Waals surface area (Å²) in [5.74, 6) is -0.169. The van der Waals surface area contributed by atoms with E-state index in [1.54, 1.807) is 13.1 Å². The van der Waals surface area contributed by atoms with Crippen molar-refractivity contribution >= 4 is 35.0 Å². The lowest BCUT2D eigenvalue weighted by atomic mass is 9.81. The van der Waals surface area contributed by atoms with Crippen molar-refractivity contribution in [2.75, 3.05) is 17.3 Å². The number of carbonyl (C=O) groups is 1. The number of anilines is 2. The van der Waals surface area contributed by atoms with E-state index in [0.717, 1.165) is 22.6 Å². The van der Waals surface area contributed by atoms with E-state index in [9.17, 15) is 9.18 Å². The van der Waals surface area contributed by atoms with Gasteiger partial charge in [-0.3, -0.25) is 9.78 Å². The summed E-state index contributed by atoms with van der Waals surface area (Å²) in [6.45, 7) is 3.57. The summed E-state index contributed by atoms with van der Waals surface area (Å²) < 4.78 is 15.2. The monoisotopic (exact) mass is 436 g/mol. The molecule has 11 heteroatoms. The number of hydrogen-bond donors (Lipinski definition) is 2. The van der Waals surface area contributed by atoms with Gasteiger partial charge in [0, 0.05) is 12.4 Å². The Morgan fingerprint density at radius 3 is 2.71 bits per heavy atom. The Bertz CT molecular complexity index is 1370. The minimum Gasteiger partial charge on any atom is -0.383 e. The Morgan fingerprint density at radius 2 is 2.00 bits per heavy atom. The van der Waals surface area contributed by atoms with Crippen LogP contribution in [0.1, 0.15) is 23.9 Å². The summed E-state index contributed by atoms with van der Waals surface area (Å²) in [4.78, 5) is 35.1. The molecule has 156 valence electrons. The van der Waals surface area contributed by atoms with Crippen LogP contribution in [0.5, 0.6) is 0 Å². The van der Waals surface area contributed by atoms with Gasteiger partial charge in [-0.25, -0.2) is 24.3 Å². The summed E-state index contributed by atoms with van der Waals surface area (Å²) in [5, 5.41) is 3.49. The second kappa shape index (κ2) is 6.71. The summed E-state index contributed by atoms with van der Waals surface area (Å²) >= 11 is 1.46. The topological polar surface area (TPSA) is 124 Å². The summed E-state index contributed by atoms with van der Waals surface area (Å²) in [6, 6.07) is 2.71. The molecule has 31 heavy (non-hydrogen) atoms. The number of imidazole rings is 1. The number of thioether (sulfide) groups is 1. The number of nitrogens with two attached hydrogens (primary N) is 1. The molecule has 1 aliphatic rings. The maximum absolute atomic E-state index is 13.4. The molecule has 5 rings (SSSR count). The highest BCUT2D eigenvalue weighted by Crippen LogP contribution is 2.44. The van der Waals surface area contributed by atoms with Crippen molar-refractivity contribution in [2.45, 2.75) is 24.3 Å². The number of aryl methyl sites for hydroxylation is 1. The van der Waals surface area contributed by atoms with Crippen molar-refractivity contribution in [3.63, 3.8) is 0 Å². The van der Waals surface area contributed by atoms with Crippen LogP contribution in [-0.4, -0.2) is 41.5 Å². The van der Waals surface area contributed by atoms with Crippen molar-refractivity contribution in [3.8, 4) is 11.5 Å². The zero-order valence-corrected chi connectivity index (χ0v) is 17.7. The van der Waals surface area contributed by atoms with E-state index in [1.165, 1.54) is 23.9 Å². The van der Waals surface area contributed by atoms with Gasteiger partial charge in [0.2, 0.25) is 5.91 Å². The number of halogens is 1. The SMILES string of the molecule is CSc1nc(-c2nc(N)c3c(n2)NC(=O)C3(C)c2ccc(F)cn2)cn2cc(C)nc12. The lowest BCUT2D eigenvalue weighted by Crippen LogP contribution is -2.34. The fourth-order valence-electron chi connectivity index (χ4n) is 3.78. The van der Waals surface area contributed by atoms with Gasteiger partial charge in [-0.15, -0.1) is 11.8 Å². The number of nitrogen functional groups attached to an aromatic ring is 1. The molecular formula is C20H17FN8OS. The maximum Gasteiger partial charge on any atom is 0.242 e. The highest BCUT2D eigenvalue weighted by molar-refractivity contribution is 7.98. The van der Waals surface area contributed by atoms with Crippen molar-refractivity contribution < 1.29 is 9.18 Å². The maximum atomic E-state index is 13.4. The molecule has 5 heterocycles. The Balaban J connectivity index is 1.67. The fraction of sp³-hybridized carbons (Fsp3) is 0.200. The van der Waals surface area contributed by atoms with E-state index < -0.39 is 11.2 Å². The molecule has 1 amide bonds. The minimum atomic E-state index is -1.24. The van der Waals surface area contributed by atoms with Crippen LogP contribution < -0.4 is 11.1 Å². The molecule has 0 saturated carbocycles. The first-order chi connectivity index (χ1) is 14.8. The standard InChI is InChI=1S/C20H17FN8OS/c1-9-7-29-8-11(25-18(31-3)17(29)24-9)15-26-14(22)13-16(27-15)28-19(30)20(13,2)12-5-4-10(21)6-23-12/h4-8H,1-3H3,(H3,22,26,27,28,30). The van der Waals surface area contributed by atoms with E-state index in [-0.39, 0.29) is 23.4 Å². The van der Waals surface area contributed by atoms with Crippen LogP contribution in [-0.2, 0) is 10.2 Å². The summed E-state index contributed by atoms with van der Waals surface area (Å²) in [7, 11) is 0. The van der Waals surface area contributed by atoms with Crippen LogP contribution in [0.25, 0.3) is 17.2 Å². The number of nitrogens with zero attached hydrogens (tertiary/aromatic N) is 6. The van der Waals surface area contributed by atoms with Crippen molar-refractivity contribution in [1.29, 1.82) is 0 Å². The minimum absolute atomic E-state index is 0.126. The highest BCUT2D eigenvalue weighted by atomic mass is 32.2. The molecule has 1 aliphatic heterocycles. The largest absolute Gasteiger partial charge is 0.383 e. The lowest BCUT2D eigenvalue weighted by Gasteiger charge is -2.22. The number of pyridine rings is 1. The van der Waals surface area contributed by atoms with Gasteiger partial charge in [0.25, 0.3) is 0 Å². The predicted molar refractivity (Wildman–Crippen MR) is 114 cm³/mol. The van der Waals surface area contributed by atoms with E-state index in [1.807, 2.05) is 23.8 Å². The first-order valence-corrected chi connectivity index (χ1v) is 10.6. The Hall–Kier alpha value is -3.60. The molecule has 1 atom stereocenters. The van der Waals surface area contributed by atoms with Gasteiger partial charge in [0.1, 0.15) is 33.6 Å². The van der Waals surface area contributed by atoms with Gasteiger partial charge in [0.05, 0.1) is 23.1 Å². The van der Waals surface area contributed by atoms with Gasteiger partial charge in [-0.05, 0) is 32.2 Å². The van der Waals surface area contributed by atoms with E-state index in [0.29, 0.717) is 17.0 Å². The summed E-state index contributed by atoms with van der Waals surface area (Å²) in [6.07, 6.45) is 6.63. The van der Waals surface area contributed by atoms with Crippen molar-refractivity contribution in [3.05, 3.63) is 53.5 Å². The molecule has 4 aromatic heterocycles. The molecule has 3 N–H and O–H groups in total. The third-order valence-electron chi connectivity index (χ3n) is 5.31. The van der Waals surface area contributed by atoms with Gasteiger partial charge >= 0.3 is 0 Å². The molecular weight excluding hydrogens is 419 g/mol. The van der Waals surface area contributed by atoms with Crippen LogP contribution in [0.2, 0.25) is 0 Å². The zero-order valence-electron chi connectivity index (χ0n) is 16.8. The number of amides is 1. The van der Waals surface area contributed by atoms with Gasteiger partial charge in [0.15, 0.2) is 11.5 Å². The van der Waals surface area contributed by atoms with E-state index in [2.05, 4.69) is 30.2 Å². The smallest absolute Gasteiger partial charge is 0.242 e. The third-order valence-corrected chi connectivity index (χ3v) is 5.97. The summed E-state index contributed by atoms with van der Waals surface area (Å²) in [5.41, 5.74) is 7.92. The molecule has 0 spiro atoms. The number of carbonyl (C=O) groups excluding carboxylic acids is 1. The lowest BCUT2D eigenvalue weighted by molar-refractivity contribution is -0.119. The third kappa shape index (κ3) is 2.84. The Kier molecular flexibility index (Phi) is 4.19. The number of fused-ring (bicyclic) bond motifs is 2. The van der Waals surface area contributed by atoms with Gasteiger partial charge in [-0.1, -0.05) is 0 Å². The molecule has 0 radical (unpaired) electrons. The number of aromatic nitrogens is 6. The first-order valence-electron chi connectivity index (χ1n) is 9.33. The second-order valence-electron chi connectivity index (χ2n) is 7.35. The number of rotatable bonds is 3. The van der Waals surface area contributed by atoms with Crippen molar-refractivity contribution in [1.82, 2.24) is 29.3 Å². The Labute approximate surface area is 180 Å².